The van der Waals surface area contributed by atoms with E-state index < -0.39 is 12.1 Å². The number of aromatic nitrogens is 4. The molecule has 5 rings (SSSR count). The van der Waals surface area contributed by atoms with Gasteiger partial charge in [-0.1, -0.05) is 0 Å². The summed E-state index contributed by atoms with van der Waals surface area (Å²) in [6.45, 7) is 3.95. The second-order valence-corrected chi connectivity index (χ2v) is 9.65. The van der Waals surface area contributed by atoms with Crippen LogP contribution in [0, 0.1) is 5.92 Å². The van der Waals surface area contributed by atoms with Crippen LogP contribution in [0.2, 0.25) is 0 Å². The summed E-state index contributed by atoms with van der Waals surface area (Å²) in [6.07, 6.45) is 8.28. The largest absolute Gasteiger partial charge is 0.481 e. The van der Waals surface area contributed by atoms with Crippen LogP contribution in [0.25, 0.3) is 11.0 Å². The molecule has 3 aromatic rings. The number of hydrogen-bond donors (Lipinski definition) is 1. The molecule has 10 nitrogen and oxygen atoms in total. The predicted molar refractivity (Wildman–Crippen MR) is 132 cm³/mol. The molecular weight excluding hydrogens is 462 g/mol. The number of anilines is 1. The third kappa shape index (κ3) is 4.25. The van der Waals surface area contributed by atoms with Crippen LogP contribution in [0.4, 0.5) is 10.5 Å². The molecule has 3 heterocycles. The number of ether oxygens (including phenoxy) is 2. The first kappa shape index (κ1) is 24.0. The zero-order chi connectivity index (χ0) is 25.4. The first-order chi connectivity index (χ1) is 17.4. The Hall–Kier alpha value is -3.69. The number of amides is 1. The topological polar surface area (TPSA) is 120 Å². The van der Waals surface area contributed by atoms with Gasteiger partial charge in [0.25, 0.3) is 0 Å². The van der Waals surface area contributed by atoms with Crippen molar-refractivity contribution in [1.82, 2.24) is 19.5 Å². The highest BCUT2D eigenvalue weighted by atomic mass is 16.5. The lowest BCUT2D eigenvalue weighted by atomic mass is 9.85. The second kappa shape index (κ2) is 9.75. The lowest BCUT2D eigenvalue weighted by Crippen LogP contribution is -2.42. The zero-order valence-corrected chi connectivity index (χ0v) is 20.8. The minimum absolute atomic E-state index is 0.0224. The van der Waals surface area contributed by atoms with Crippen molar-refractivity contribution in [1.29, 1.82) is 0 Å². The van der Waals surface area contributed by atoms with Gasteiger partial charge in [-0.2, -0.15) is 0 Å². The summed E-state index contributed by atoms with van der Waals surface area (Å²) >= 11 is 0. The highest BCUT2D eigenvalue weighted by Crippen LogP contribution is 2.41. The van der Waals surface area contributed by atoms with Crippen LogP contribution in [-0.2, 0) is 16.0 Å². The summed E-state index contributed by atoms with van der Waals surface area (Å²) in [6, 6.07) is 4.11. The van der Waals surface area contributed by atoms with Gasteiger partial charge >= 0.3 is 12.1 Å². The molecule has 0 spiro atoms. The molecule has 1 fully saturated rings. The molecule has 1 amide bonds. The molecule has 0 bridgehead atoms. The maximum Gasteiger partial charge on any atom is 0.414 e. The molecule has 2 aromatic heterocycles. The average molecular weight is 494 g/mol. The Morgan fingerprint density at radius 2 is 1.92 bits per heavy atom. The van der Waals surface area contributed by atoms with Crippen molar-refractivity contribution < 1.29 is 24.2 Å². The summed E-state index contributed by atoms with van der Waals surface area (Å²) in [5.41, 5.74) is 3.65. The van der Waals surface area contributed by atoms with Crippen molar-refractivity contribution >= 4 is 28.8 Å². The third-order valence-corrected chi connectivity index (χ3v) is 7.46. The van der Waals surface area contributed by atoms with Crippen LogP contribution in [0.15, 0.2) is 30.7 Å². The maximum atomic E-state index is 12.6. The van der Waals surface area contributed by atoms with Gasteiger partial charge in [0, 0.05) is 30.0 Å². The summed E-state index contributed by atoms with van der Waals surface area (Å²) < 4.78 is 13.4. The molecule has 1 N–H and O–H groups in total. The molecule has 1 aliphatic heterocycles. The Labute approximate surface area is 209 Å². The first-order valence-electron chi connectivity index (χ1n) is 12.4. The number of carboxylic acids is 1. The fourth-order valence-electron chi connectivity index (χ4n) is 5.62. The van der Waals surface area contributed by atoms with E-state index in [2.05, 4.69) is 14.5 Å². The van der Waals surface area contributed by atoms with Gasteiger partial charge in [-0.15, -0.1) is 0 Å². The number of carboxylic acid groups (broad SMARTS) is 1. The summed E-state index contributed by atoms with van der Waals surface area (Å²) in [7, 11) is 1.40. The molecule has 0 saturated heterocycles. The normalized spacial score (nSPS) is 22.6. The number of hydrogen-bond acceptors (Lipinski definition) is 7. The van der Waals surface area contributed by atoms with Crippen LogP contribution in [0.3, 0.4) is 0 Å². The summed E-state index contributed by atoms with van der Waals surface area (Å²) in [5.74, 6) is 0.127. The molecule has 36 heavy (non-hydrogen) atoms. The van der Waals surface area contributed by atoms with E-state index in [9.17, 15) is 14.7 Å². The van der Waals surface area contributed by atoms with E-state index in [1.165, 1.54) is 7.11 Å². The van der Waals surface area contributed by atoms with Crippen molar-refractivity contribution in [3.63, 3.8) is 0 Å². The number of rotatable bonds is 5. The molecule has 2 aliphatic rings. The van der Waals surface area contributed by atoms with Crippen LogP contribution in [-0.4, -0.2) is 49.8 Å². The Morgan fingerprint density at radius 3 is 2.58 bits per heavy atom. The van der Waals surface area contributed by atoms with E-state index in [1.807, 2.05) is 26.0 Å². The summed E-state index contributed by atoms with van der Waals surface area (Å²) in [4.78, 5) is 39.3. The molecular formula is C26H31N5O5. The van der Waals surface area contributed by atoms with Crippen molar-refractivity contribution in [2.75, 3.05) is 12.0 Å². The lowest BCUT2D eigenvalue weighted by Gasteiger charge is -2.34. The van der Waals surface area contributed by atoms with Gasteiger partial charge in [-0.25, -0.2) is 14.8 Å². The molecule has 10 heteroatoms. The SMILES string of the molecule is COC(=O)N1c2ccc3c(nc([C@@H](C)Oc4cnccn4)n3C3CCC(C(=O)O)CC3)c2CCC1C. The zero-order valence-electron chi connectivity index (χ0n) is 20.8. The quantitative estimate of drug-likeness (QED) is 0.544. The van der Waals surface area contributed by atoms with Crippen LogP contribution < -0.4 is 9.64 Å². The van der Waals surface area contributed by atoms with E-state index in [0.29, 0.717) is 18.7 Å². The van der Waals surface area contributed by atoms with Gasteiger partial charge in [-0.05, 0) is 64.5 Å². The van der Waals surface area contributed by atoms with Gasteiger partial charge in [0.2, 0.25) is 5.88 Å². The highest BCUT2D eigenvalue weighted by molar-refractivity contribution is 5.95. The fourth-order valence-corrected chi connectivity index (χ4v) is 5.62. The van der Waals surface area contributed by atoms with Crippen LogP contribution in [0.5, 0.6) is 5.88 Å². The number of aliphatic carboxylic acids is 1. The maximum absolute atomic E-state index is 12.6. The number of carbonyl (C=O) groups excluding carboxylic acids is 1. The Bertz CT molecular complexity index is 1270. The van der Waals surface area contributed by atoms with Gasteiger partial charge in [0.05, 0.1) is 35.9 Å². The number of benzene rings is 1. The van der Waals surface area contributed by atoms with Gasteiger partial charge in [-0.3, -0.25) is 14.7 Å². The van der Waals surface area contributed by atoms with Crippen molar-refractivity contribution in [2.24, 2.45) is 5.92 Å². The van der Waals surface area contributed by atoms with E-state index in [1.54, 1.807) is 23.5 Å². The van der Waals surface area contributed by atoms with E-state index in [-0.39, 0.29) is 24.1 Å². The van der Waals surface area contributed by atoms with Gasteiger partial charge in [0.15, 0.2) is 11.9 Å². The Morgan fingerprint density at radius 1 is 1.14 bits per heavy atom. The number of aryl methyl sites for hydroxylation is 1. The number of fused-ring (bicyclic) bond motifs is 3. The molecule has 1 aliphatic carbocycles. The van der Waals surface area contributed by atoms with Crippen molar-refractivity contribution in [3.05, 3.63) is 42.1 Å². The minimum Gasteiger partial charge on any atom is -0.481 e. The van der Waals surface area contributed by atoms with Gasteiger partial charge in [0.1, 0.15) is 0 Å². The second-order valence-electron chi connectivity index (χ2n) is 9.65. The Kier molecular flexibility index (Phi) is 6.51. The van der Waals surface area contributed by atoms with Crippen LogP contribution in [0.1, 0.15) is 69.5 Å². The molecule has 0 radical (unpaired) electrons. The number of carbonyl (C=O) groups is 2. The summed E-state index contributed by atoms with van der Waals surface area (Å²) in [5, 5.41) is 9.48. The van der Waals surface area contributed by atoms with E-state index >= 15 is 0 Å². The standard InChI is InChI=1S/C26H31N5O5/c1-15-4-9-19-20(30(15)26(34)35-3)10-11-21-23(19)29-24(16(2)36-22-14-27-12-13-28-22)31(21)18-7-5-17(6-8-18)25(32)33/h10-18H,4-9H2,1-3H3,(H,32,33)/t15?,16-,17?,18?/m1/s1. The monoisotopic (exact) mass is 493 g/mol. The third-order valence-electron chi connectivity index (χ3n) is 7.46. The first-order valence-corrected chi connectivity index (χ1v) is 12.4. The Balaban J connectivity index is 1.60. The lowest BCUT2D eigenvalue weighted by molar-refractivity contribution is -0.143. The number of imidazole rings is 1. The van der Waals surface area contributed by atoms with Crippen LogP contribution >= 0.6 is 0 Å². The smallest absolute Gasteiger partial charge is 0.414 e. The predicted octanol–water partition coefficient (Wildman–Crippen LogP) is 4.69. The molecule has 1 aromatic carbocycles. The van der Waals surface area contributed by atoms with E-state index in [4.69, 9.17) is 14.5 Å². The fraction of sp³-hybridized carbons (Fsp3) is 0.500. The molecule has 2 atom stereocenters. The number of methoxy groups -OCH3 is 1. The average Bonchev–Trinajstić information content (AvgIpc) is 3.29. The molecule has 1 saturated carbocycles. The van der Waals surface area contributed by atoms with Gasteiger partial charge < -0.3 is 19.1 Å². The van der Waals surface area contributed by atoms with Crippen molar-refractivity contribution in [2.45, 2.75) is 70.6 Å². The number of nitrogens with zero attached hydrogens (tertiary/aromatic N) is 5. The van der Waals surface area contributed by atoms with E-state index in [0.717, 1.165) is 53.8 Å². The minimum atomic E-state index is -0.727. The molecule has 1 unspecified atom stereocenters. The highest BCUT2D eigenvalue weighted by Gasteiger charge is 2.34. The van der Waals surface area contributed by atoms with Crippen molar-refractivity contribution in [3.8, 4) is 5.88 Å². The molecule has 190 valence electrons.